The van der Waals surface area contributed by atoms with Crippen molar-refractivity contribution in [1.29, 1.82) is 0 Å². The molecule has 0 saturated heterocycles. The van der Waals surface area contributed by atoms with Gasteiger partial charge in [0.15, 0.2) is 0 Å². The van der Waals surface area contributed by atoms with Gasteiger partial charge in [0.25, 0.3) is 0 Å². The van der Waals surface area contributed by atoms with E-state index < -0.39 is 30.1 Å². The number of benzene rings is 1. The number of rotatable bonds is 2. The molecule has 2 aliphatic carbocycles. The number of fused-ring (bicyclic) bond motifs is 2. The summed E-state index contributed by atoms with van der Waals surface area (Å²) < 4.78 is 39.7. The van der Waals surface area contributed by atoms with Gasteiger partial charge in [0, 0.05) is 0 Å². The molecule has 2 fully saturated rings. The summed E-state index contributed by atoms with van der Waals surface area (Å²) >= 11 is -2.15. The van der Waals surface area contributed by atoms with E-state index in [9.17, 15) is 13.2 Å². The van der Waals surface area contributed by atoms with E-state index in [2.05, 4.69) is 14.8 Å². The van der Waals surface area contributed by atoms with Crippen LogP contribution in [0.1, 0.15) is 36.3 Å². The molecule has 0 aliphatic heterocycles. The van der Waals surface area contributed by atoms with Crippen molar-refractivity contribution in [1.82, 2.24) is 0 Å². The summed E-state index contributed by atoms with van der Waals surface area (Å²) in [5.41, 5.74) is 0.472. The van der Waals surface area contributed by atoms with Crippen molar-refractivity contribution in [3.63, 3.8) is 0 Å². The Kier molecular flexibility index (Phi) is 3.87. The zero-order valence-corrected chi connectivity index (χ0v) is 15.7. The third-order valence-electron chi connectivity index (χ3n) is 5.52. The average Bonchev–Trinajstić information content (AvgIpc) is 2.97. The van der Waals surface area contributed by atoms with E-state index in [1.807, 2.05) is 6.07 Å². The van der Waals surface area contributed by atoms with Crippen LogP contribution < -0.4 is 0 Å². The third-order valence-corrected chi connectivity index (χ3v) is 13.6. The Morgan fingerprint density at radius 2 is 1.71 bits per heavy atom. The molecule has 0 aromatic heterocycles. The maximum atomic E-state index is 13.0. The summed E-state index contributed by atoms with van der Waals surface area (Å²) in [6.07, 6.45) is -0.461. The molecule has 0 radical (unpaired) electrons. The molecule has 0 heterocycles. The molecule has 0 unspecified atom stereocenters. The Labute approximate surface area is 129 Å². The number of hydrogen-bond donors (Lipinski definition) is 0. The van der Waals surface area contributed by atoms with Gasteiger partial charge in [-0.15, -0.1) is 0 Å². The Morgan fingerprint density at radius 1 is 1.05 bits per heavy atom. The van der Waals surface area contributed by atoms with Gasteiger partial charge in [0.2, 0.25) is 0 Å². The van der Waals surface area contributed by atoms with Crippen LogP contribution in [0.3, 0.4) is 0 Å². The molecule has 1 aromatic rings. The van der Waals surface area contributed by atoms with E-state index in [0.29, 0.717) is 15.8 Å². The van der Waals surface area contributed by atoms with Gasteiger partial charge in [-0.1, -0.05) is 0 Å². The molecule has 0 spiro atoms. The average molecular weight is 403 g/mol. The standard InChI is InChI=1S/C14H14F3.3CH3.Sn/c15-14(16,17)12-3-1-2-10(8-12)13-7-9-4-5-11(13)6-9;;;;/h1-3,7-9,11,13H,4-6H2;3*1H3;/t9-,11+,13-;;;;/m0..../s1. The zero-order chi connectivity index (χ0) is 15.4. The van der Waals surface area contributed by atoms with Gasteiger partial charge in [-0.2, -0.15) is 0 Å². The molecule has 3 rings (SSSR count). The number of alkyl halides is 3. The summed E-state index contributed by atoms with van der Waals surface area (Å²) in [5, 5.41) is 0. The molecule has 0 nitrogen and oxygen atoms in total. The van der Waals surface area contributed by atoms with E-state index in [1.165, 1.54) is 31.4 Å². The van der Waals surface area contributed by atoms with Crippen LogP contribution in [-0.4, -0.2) is 18.4 Å². The van der Waals surface area contributed by atoms with Gasteiger partial charge in [-0.3, -0.25) is 0 Å². The molecule has 4 atom stereocenters. The van der Waals surface area contributed by atoms with Gasteiger partial charge < -0.3 is 0 Å². The first-order chi connectivity index (χ1) is 9.68. The first-order valence-electron chi connectivity index (χ1n) is 7.85. The van der Waals surface area contributed by atoms with Gasteiger partial charge in [0.1, 0.15) is 0 Å². The van der Waals surface area contributed by atoms with Crippen LogP contribution >= 0.6 is 0 Å². The van der Waals surface area contributed by atoms with E-state index in [-0.39, 0.29) is 0 Å². The molecular formula is C17H23F3Sn. The van der Waals surface area contributed by atoms with Crippen molar-refractivity contribution in [3.05, 3.63) is 35.4 Å². The fraction of sp³-hybridized carbons (Fsp3) is 0.647. The van der Waals surface area contributed by atoms with Crippen molar-refractivity contribution in [2.24, 2.45) is 11.8 Å². The fourth-order valence-corrected chi connectivity index (χ4v) is 14.2. The summed E-state index contributed by atoms with van der Waals surface area (Å²) in [6, 6.07) is 6.16. The molecule has 2 saturated carbocycles. The monoisotopic (exact) mass is 404 g/mol. The SMILES string of the molecule is [CH3][Sn]([CH3])([CH3])[C@@H]1[C@H]2CC[C@H](C2)[C@@H]1c1cccc(C(F)(F)F)c1. The molecule has 1 aromatic carbocycles. The molecule has 116 valence electrons. The predicted molar refractivity (Wildman–Crippen MR) is 82.1 cm³/mol. The van der Waals surface area contributed by atoms with E-state index >= 15 is 0 Å². The molecule has 2 bridgehead atoms. The van der Waals surface area contributed by atoms with Crippen LogP contribution in [0, 0.1) is 11.8 Å². The van der Waals surface area contributed by atoms with Crippen molar-refractivity contribution in [3.8, 4) is 0 Å². The van der Waals surface area contributed by atoms with Crippen molar-refractivity contribution in [2.45, 2.75) is 50.1 Å². The first kappa shape index (κ1) is 15.7. The van der Waals surface area contributed by atoms with Gasteiger partial charge >= 0.3 is 129 Å². The van der Waals surface area contributed by atoms with Gasteiger partial charge in [-0.25, -0.2) is 0 Å². The fourth-order valence-electron chi connectivity index (χ4n) is 4.94. The number of halogens is 3. The molecule has 0 N–H and O–H groups in total. The van der Waals surface area contributed by atoms with Crippen LogP contribution in [-0.2, 0) is 6.18 Å². The minimum atomic E-state index is -4.23. The first-order valence-corrected chi connectivity index (χ1v) is 18.1. The molecule has 21 heavy (non-hydrogen) atoms. The Morgan fingerprint density at radius 3 is 2.33 bits per heavy atom. The van der Waals surface area contributed by atoms with Crippen LogP contribution in [0.15, 0.2) is 24.3 Å². The van der Waals surface area contributed by atoms with Crippen molar-refractivity contribution < 1.29 is 13.2 Å². The van der Waals surface area contributed by atoms with Crippen LogP contribution in [0.2, 0.25) is 18.8 Å². The van der Waals surface area contributed by atoms with E-state index in [4.69, 9.17) is 0 Å². The van der Waals surface area contributed by atoms with Crippen LogP contribution in [0.4, 0.5) is 13.2 Å². The summed E-state index contributed by atoms with van der Waals surface area (Å²) in [4.78, 5) is 7.34. The van der Waals surface area contributed by atoms with Crippen molar-refractivity contribution >= 4 is 18.4 Å². The second kappa shape index (κ2) is 5.17. The van der Waals surface area contributed by atoms with E-state index in [1.54, 1.807) is 6.07 Å². The molecular weight excluding hydrogens is 380 g/mol. The zero-order valence-electron chi connectivity index (χ0n) is 12.9. The summed E-state index contributed by atoms with van der Waals surface area (Å²) in [5.74, 6) is 1.80. The van der Waals surface area contributed by atoms with E-state index in [0.717, 1.165) is 11.5 Å². The van der Waals surface area contributed by atoms with Gasteiger partial charge in [0.05, 0.1) is 0 Å². The number of hydrogen-bond acceptors (Lipinski definition) is 0. The molecule has 2 aliphatic rings. The molecule has 4 heteroatoms. The Hall–Kier alpha value is -0.191. The normalized spacial score (nSPS) is 32.7. The maximum absolute atomic E-state index is 13.0. The predicted octanol–water partition coefficient (Wildman–Crippen LogP) is 5.93. The minimum absolute atomic E-state index is 0.391. The quantitative estimate of drug-likeness (QED) is 0.538. The summed E-state index contributed by atoms with van der Waals surface area (Å²) in [7, 11) is 0. The topological polar surface area (TPSA) is 0 Å². The van der Waals surface area contributed by atoms with Crippen LogP contribution in [0.5, 0.6) is 0 Å². The Balaban J connectivity index is 1.99. The second-order valence-corrected chi connectivity index (χ2v) is 23.3. The third kappa shape index (κ3) is 2.87. The Bertz CT molecular complexity index is 530. The second-order valence-electron chi connectivity index (χ2n) is 7.87. The molecule has 0 amide bonds. The van der Waals surface area contributed by atoms with Crippen molar-refractivity contribution in [2.75, 3.05) is 0 Å². The summed E-state index contributed by atoms with van der Waals surface area (Å²) in [6.45, 7) is 0. The van der Waals surface area contributed by atoms with Crippen LogP contribution in [0.25, 0.3) is 0 Å². The van der Waals surface area contributed by atoms with Gasteiger partial charge in [-0.05, 0) is 0 Å².